The van der Waals surface area contributed by atoms with Crippen LogP contribution >= 0.6 is 11.6 Å². The van der Waals surface area contributed by atoms with Crippen molar-refractivity contribution in [1.82, 2.24) is 10.2 Å². The van der Waals surface area contributed by atoms with Crippen LogP contribution in [0.2, 0.25) is 5.02 Å². The van der Waals surface area contributed by atoms with Crippen LogP contribution in [0.4, 0.5) is 11.4 Å². The molecule has 122 valence electrons. The standard InChI is InChI=1S/C17H15ClN4O2/c1-11(23)20-13-6-4-5-12(9-13)19-10-16-21-22-17(24-16)14-7-2-3-8-15(14)18/h2-9,19H,10H2,1H3,(H,20,23). The molecule has 3 aromatic rings. The third-order valence-corrected chi connectivity index (χ3v) is 3.53. The van der Waals surface area contributed by atoms with Gasteiger partial charge in [-0.15, -0.1) is 10.2 Å². The molecular weight excluding hydrogens is 328 g/mol. The molecule has 0 aliphatic heterocycles. The van der Waals surface area contributed by atoms with Crippen LogP contribution in [-0.2, 0) is 11.3 Å². The molecule has 1 amide bonds. The summed E-state index contributed by atoms with van der Waals surface area (Å²) < 4.78 is 5.63. The summed E-state index contributed by atoms with van der Waals surface area (Å²) >= 11 is 6.12. The molecule has 0 saturated heterocycles. The molecule has 2 aromatic carbocycles. The summed E-state index contributed by atoms with van der Waals surface area (Å²) in [6, 6.07) is 14.7. The van der Waals surface area contributed by atoms with Gasteiger partial charge in [-0.3, -0.25) is 4.79 Å². The fourth-order valence-electron chi connectivity index (χ4n) is 2.16. The lowest BCUT2D eigenvalue weighted by atomic mass is 10.2. The first kappa shape index (κ1) is 16.0. The molecule has 0 aliphatic carbocycles. The fraction of sp³-hybridized carbons (Fsp3) is 0.118. The van der Waals surface area contributed by atoms with E-state index in [9.17, 15) is 4.79 Å². The lowest BCUT2D eigenvalue weighted by Crippen LogP contribution is -2.06. The van der Waals surface area contributed by atoms with Crippen LogP contribution in [0.3, 0.4) is 0 Å². The zero-order valence-electron chi connectivity index (χ0n) is 12.9. The van der Waals surface area contributed by atoms with Gasteiger partial charge in [-0.2, -0.15) is 0 Å². The van der Waals surface area contributed by atoms with Gasteiger partial charge in [0.2, 0.25) is 17.7 Å². The topological polar surface area (TPSA) is 80.0 Å². The smallest absolute Gasteiger partial charge is 0.249 e. The molecule has 7 heteroatoms. The van der Waals surface area contributed by atoms with Crippen LogP contribution < -0.4 is 10.6 Å². The molecule has 24 heavy (non-hydrogen) atoms. The first-order valence-electron chi connectivity index (χ1n) is 7.30. The first-order chi connectivity index (χ1) is 11.6. The third kappa shape index (κ3) is 3.91. The van der Waals surface area contributed by atoms with Gasteiger partial charge in [0.25, 0.3) is 0 Å². The normalized spacial score (nSPS) is 10.4. The number of benzene rings is 2. The Kier molecular flexibility index (Phi) is 4.77. The number of aromatic nitrogens is 2. The largest absolute Gasteiger partial charge is 0.419 e. The quantitative estimate of drug-likeness (QED) is 0.733. The fourth-order valence-corrected chi connectivity index (χ4v) is 2.37. The summed E-state index contributed by atoms with van der Waals surface area (Å²) in [7, 11) is 0. The Morgan fingerprint density at radius 3 is 2.71 bits per heavy atom. The van der Waals surface area contributed by atoms with Crippen molar-refractivity contribution in [1.29, 1.82) is 0 Å². The van der Waals surface area contributed by atoms with Gasteiger partial charge in [0.05, 0.1) is 17.1 Å². The molecule has 0 atom stereocenters. The molecule has 0 saturated carbocycles. The van der Waals surface area contributed by atoms with Crippen LogP contribution in [0.5, 0.6) is 0 Å². The van der Waals surface area contributed by atoms with Crippen molar-refractivity contribution in [2.75, 3.05) is 10.6 Å². The number of halogens is 1. The van der Waals surface area contributed by atoms with Crippen LogP contribution in [0, 0.1) is 0 Å². The molecule has 2 N–H and O–H groups in total. The van der Waals surface area contributed by atoms with E-state index in [2.05, 4.69) is 20.8 Å². The molecule has 0 fully saturated rings. The van der Waals surface area contributed by atoms with Crippen molar-refractivity contribution < 1.29 is 9.21 Å². The molecule has 0 aliphatic rings. The zero-order chi connectivity index (χ0) is 16.9. The van der Waals surface area contributed by atoms with Crippen LogP contribution in [0.25, 0.3) is 11.5 Å². The van der Waals surface area contributed by atoms with Crippen molar-refractivity contribution in [3.05, 3.63) is 59.4 Å². The molecule has 0 unspecified atom stereocenters. The SMILES string of the molecule is CC(=O)Nc1cccc(NCc2nnc(-c3ccccc3Cl)o2)c1. The molecule has 3 rings (SSSR count). The van der Waals surface area contributed by atoms with Gasteiger partial charge in [-0.1, -0.05) is 29.8 Å². The van der Waals surface area contributed by atoms with Crippen LogP contribution in [0.1, 0.15) is 12.8 Å². The van der Waals surface area contributed by atoms with E-state index in [-0.39, 0.29) is 5.91 Å². The number of anilines is 2. The van der Waals surface area contributed by atoms with Gasteiger partial charge in [0, 0.05) is 18.3 Å². The number of amides is 1. The molecule has 6 nitrogen and oxygen atoms in total. The van der Waals surface area contributed by atoms with E-state index in [4.69, 9.17) is 16.0 Å². The Balaban J connectivity index is 1.68. The summed E-state index contributed by atoms with van der Waals surface area (Å²) in [5, 5.41) is 14.5. The predicted molar refractivity (Wildman–Crippen MR) is 92.8 cm³/mol. The van der Waals surface area contributed by atoms with E-state index in [1.54, 1.807) is 6.07 Å². The average Bonchev–Trinajstić information content (AvgIpc) is 3.02. The maximum atomic E-state index is 11.1. The third-order valence-electron chi connectivity index (χ3n) is 3.20. The number of nitrogens with one attached hydrogen (secondary N) is 2. The lowest BCUT2D eigenvalue weighted by molar-refractivity contribution is -0.114. The summed E-state index contributed by atoms with van der Waals surface area (Å²) in [6.07, 6.45) is 0. The average molecular weight is 343 g/mol. The number of hydrogen-bond acceptors (Lipinski definition) is 5. The molecule has 1 heterocycles. The molecule has 0 bridgehead atoms. The van der Waals surface area contributed by atoms with Crippen molar-refractivity contribution >= 4 is 28.9 Å². The second-order valence-electron chi connectivity index (χ2n) is 5.10. The number of rotatable bonds is 5. The minimum Gasteiger partial charge on any atom is -0.419 e. The summed E-state index contributed by atoms with van der Waals surface area (Å²) in [6.45, 7) is 1.83. The highest BCUT2D eigenvalue weighted by Crippen LogP contribution is 2.26. The Bertz CT molecular complexity index is 863. The molecular formula is C17H15ClN4O2. The highest BCUT2D eigenvalue weighted by molar-refractivity contribution is 6.33. The van der Waals surface area contributed by atoms with Gasteiger partial charge in [0.1, 0.15) is 0 Å². The van der Waals surface area contributed by atoms with Crippen molar-refractivity contribution in [2.24, 2.45) is 0 Å². The van der Waals surface area contributed by atoms with E-state index in [1.165, 1.54) is 6.92 Å². The molecule has 0 radical (unpaired) electrons. The van der Waals surface area contributed by atoms with Crippen molar-refractivity contribution in [3.8, 4) is 11.5 Å². The minimum absolute atomic E-state index is 0.117. The van der Waals surface area contributed by atoms with Gasteiger partial charge in [-0.05, 0) is 30.3 Å². The first-order valence-corrected chi connectivity index (χ1v) is 7.68. The number of carbonyl (C=O) groups excluding carboxylic acids is 1. The predicted octanol–water partition coefficient (Wildman–Crippen LogP) is 3.96. The second kappa shape index (κ2) is 7.14. The van der Waals surface area contributed by atoms with Gasteiger partial charge in [-0.25, -0.2) is 0 Å². The summed E-state index contributed by atoms with van der Waals surface area (Å²) in [5.74, 6) is 0.702. The van der Waals surface area contributed by atoms with Gasteiger partial charge in [0.15, 0.2) is 0 Å². The van der Waals surface area contributed by atoms with Crippen LogP contribution in [0.15, 0.2) is 52.9 Å². The number of nitrogens with zero attached hydrogens (tertiary/aromatic N) is 2. The Hall–Kier alpha value is -2.86. The highest BCUT2D eigenvalue weighted by atomic mass is 35.5. The van der Waals surface area contributed by atoms with E-state index >= 15 is 0 Å². The summed E-state index contributed by atoms with van der Waals surface area (Å²) in [4.78, 5) is 11.1. The lowest BCUT2D eigenvalue weighted by Gasteiger charge is -2.06. The maximum absolute atomic E-state index is 11.1. The maximum Gasteiger partial charge on any atom is 0.249 e. The van der Waals surface area contributed by atoms with E-state index < -0.39 is 0 Å². The van der Waals surface area contributed by atoms with Crippen molar-refractivity contribution in [3.63, 3.8) is 0 Å². The number of carbonyl (C=O) groups is 1. The molecule has 1 aromatic heterocycles. The zero-order valence-corrected chi connectivity index (χ0v) is 13.7. The Morgan fingerprint density at radius 1 is 1.12 bits per heavy atom. The van der Waals surface area contributed by atoms with Gasteiger partial charge < -0.3 is 15.1 Å². The van der Waals surface area contributed by atoms with Crippen LogP contribution in [-0.4, -0.2) is 16.1 Å². The monoisotopic (exact) mass is 342 g/mol. The molecule has 0 spiro atoms. The van der Waals surface area contributed by atoms with E-state index in [1.807, 2.05) is 42.5 Å². The van der Waals surface area contributed by atoms with Gasteiger partial charge >= 0.3 is 0 Å². The Labute approximate surface area is 143 Å². The van der Waals surface area contributed by atoms with Crippen molar-refractivity contribution in [2.45, 2.75) is 13.5 Å². The highest BCUT2D eigenvalue weighted by Gasteiger charge is 2.11. The van der Waals surface area contributed by atoms with E-state index in [0.29, 0.717) is 28.9 Å². The number of hydrogen-bond donors (Lipinski definition) is 2. The summed E-state index contributed by atoms with van der Waals surface area (Å²) in [5.41, 5.74) is 2.25. The van der Waals surface area contributed by atoms with E-state index in [0.717, 1.165) is 11.4 Å². The minimum atomic E-state index is -0.117. The Morgan fingerprint density at radius 2 is 1.92 bits per heavy atom. The second-order valence-corrected chi connectivity index (χ2v) is 5.50.